The molecule has 0 aliphatic carbocycles. The highest BCUT2D eigenvalue weighted by Gasteiger charge is 2.70. The van der Waals surface area contributed by atoms with Crippen molar-refractivity contribution in [2.75, 3.05) is 6.54 Å². The number of benzene rings is 2. The smallest absolute Gasteiger partial charge is 0.0951 e. The van der Waals surface area contributed by atoms with Crippen LogP contribution in [-0.2, 0) is 5.54 Å². The SMILES string of the molecule is CCCN1[C@@H](c2ccccc2)[C@]1(c1ccccc1)C(C)(C)O. The van der Waals surface area contributed by atoms with Gasteiger partial charge in [0.1, 0.15) is 0 Å². The predicted octanol–water partition coefficient (Wildman–Crippen LogP) is 4.12. The summed E-state index contributed by atoms with van der Waals surface area (Å²) >= 11 is 0. The van der Waals surface area contributed by atoms with Gasteiger partial charge in [0.2, 0.25) is 0 Å². The lowest BCUT2D eigenvalue weighted by molar-refractivity contribution is 0.0138. The molecule has 2 nitrogen and oxygen atoms in total. The van der Waals surface area contributed by atoms with Crippen molar-refractivity contribution in [2.24, 2.45) is 0 Å². The molecule has 22 heavy (non-hydrogen) atoms. The molecular formula is C20H25NO. The normalized spacial score (nSPS) is 27.6. The van der Waals surface area contributed by atoms with E-state index in [1.54, 1.807) is 0 Å². The molecule has 0 aromatic heterocycles. The zero-order valence-corrected chi connectivity index (χ0v) is 13.7. The molecule has 1 aliphatic heterocycles. The molecule has 2 aromatic rings. The van der Waals surface area contributed by atoms with Crippen LogP contribution < -0.4 is 0 Å². The Balaban J connectivity index is 2.13. The van der Waals surface area contributed by atoms with E-state index in [1.807, 2.05) is 26.0 Å². The maximum Gasteiger partial charge on any atom is 0.0951 e. The van der Waals surface area contributed by atoms with Gasteiger partial charge < -0.3 is 5.11 Å². The minimum absolute atomic E-state index is 0.232. The standard InChI is InChI=1S/C20H25NO/c1-4-15-21-18(16-11-7-5-8-12-16)20(21,19(2,3)22)17-13-9-6-10-14-17/h5-14,18,22H,4,15H2,1-3H3/t18-,20+,21?/m0/s1. The topological polar surface area (TPSA) is 23.2 Å². The molecule has 0 spiro atoms. The van der Waals surface area contributed by atoms with Crippen LogP contribution in [0.5, 0.6) is 0 Å². The molecule has 3 atom stereocenters. The van der Waals surface area contributed by atoms with Gasteiger partial charge in [-0.05, 0) is 37.9 Å². The average Bonchev–Trinajstić information content (AvgIpc) is 3.19. The Hall–Kier alpha value is -1.64. The van der Waals surface area contributed by atoms with Crippen molar-refractivity contribution in [1.82, 2.24) is 4.90 Å². The summed E-state index contributed by atoms with van der Waals surface area (Å²) in [5, 5.41) is 11.0. The Morgan fingerprint density at radius 1 is 1.00 bits per heavy atom. The third kappa shape index (κ3) is 2.18. The fourth-order valence-electron chi connectivity index (χ4n) is 4.00. The van der Waals surface area contributed by atoms with Crippen molar-refractivity contribution in [3.8, 4) is 0 Å². The van der Waals surface area contributed by atoms with E-state index in [4.69, 9.17) is 0 Å². The molecule has 2 heteroatoms. The van der Waals surface area contributed by atoms with E-state index in [9.17, 15) is 5.11 Å². The van der Waals surface area contributed by atoms with E-state index in [1.165, 1.54) is 11.1 Å². The van der Waals surface area contributed by atoms with Crippen LogP contribution in [0.2, 0.25) is 0 Å². The van der Waals surface area contributed by atoms with Crippen molar-refractivity contribution in [1.29, 1.82) is 0 Å². The fraction of sp³-hybridized carbons (Fsp3) is 0.400. The first-order chi connectivity index (χ1) is 10.5. The van der Waals surface area contributed by atoms with Gasteiger partial charge in [-0.2, -0.15) is 0 Å². The van der Waals surface area contributed by atoms with Gasteiger partial charge in [0.05, 0.1) is 17.2 Å². The lowest BCUT2D eigenvalue weighted by Crippen LogP contribution is -2.41. The van der Waals surface area contributed by atoms with Crippen LogP contribution in [0.3, 0.4) is 0 Å². The average molecular weight is 295 g/mol. The van der Waals surface area contributed by atoms with E-state index < -0.39 is 5.60 Å². The number of hydrogen-bond acceptors (Lipinski definition) is 2. The van der Waals surface area contributed by atoms with E-state index in [0.29, 0.717) is 0 Å². The Morgan fingerprint density at radius 2 is 1.55 bits per heavy atom. The number of nitrogens with zero attached hydrogens (tertiary/aromatic N) is 1. The van der Waals surface area contributed by atoms with E-state index in [-0.39, 0.29) is 11.6 Å². The van der Waals surface area contributed by atoms with Crippen LogP contribution in [0.25, 0.3) is 0 Å². The number of hydrogen-bond donors (Lipinski definition) is 1. The van der Waals surface area contributed by atoms with Gasteiger partial charge in [0, 0.05) is 0 Å². The van der Waals surface area contributed by atoms with Crippen molar-refractivity contribution in [2.45, 2.75) is 44.4 Å². The largest absolute Gasteiger partial charge is 0.388 e. The second-order valence-electron chi connectivity index (χ2n) is 6.70. The van der Waals surface area contributed by atoms with E-state index in [2.05, 4.69) is 60.4 Å². The molecule has 0 amide bonds. The third-order valence-corrected chi connectivity index (χ3v) is 4.82. The number of rotatable bonds is 5. The Bertz CT molecular complexity index is 617. The van der Waals surface area contributed by atoms with Gasteiger partial charge in [-0.25, -0.2) is 0 Å². The summed E-state index contributed by atoms with van der Waals surface area (Å²) in [6.45, 7) is 7.05. The Kier molecular flexibility index (Phi) is 3.84. The molecule has 3 rings (SSSR count). The monoisotopic (exact) mass is 295 g/mol. The highest BCUT2D eigenvalue weighted by atomic mass is 16.3. The summed E-state index contributed by atoms with van der Waals surface area (Å²) in [6.07, 6.45) is 1.08. The van der Waals surface area contributed by atoms with Crippen LogP contribution in [0, 0.1) is 0 Å². The van der Waals surface area contributed by atoms with Gasteiger partial charge in [0.25, 0.3) is 0 Å². The van der Waals surface area contributed by atoms with E-state index in [0.717, 1.165) is 13.0 Å². The van der Waals surface area contributed by atoms with Crippen LogP contribution in [-0.4, -0.2) is 22.2 Å². The zero-order chi connectivity index (χ0) is 15.8. The lowest BCUT2D eigenvalue weighted by Gasteiger charge is -2.31. The highest BCUT2D eigenvalue weighted by molar-refractivity contribution is 5.44. The third-order valence-electron chi connectivity index (χ3n) is 4.82. The molecule has 116 valence electrons. The van der Waals surface area contributed by atoms with E-state index >= 15 is 0 Å². The highest BCUT2D eigenvalue weighted by Crippen LogP contribution is 2.65. The van der Waals surface area contributed by atoms with Crippen molar-refractivity contribution >= 4 is 0 Å². The quantitative estimate of drug-likeness (QED) is 0.839. The summed E-state index contributed by atoms with van der Waals surface area (Å²) in [5.41, 5.74) is 1.32. The van der Waals surface area contributed by atoms with Crippen LogP contribution in [0.15, 0.2) is 60.7 Å². The summed E-state index contributed by atoms with van der Waals surface area (Å²) in [7, 11) is 0. The molecule has 2 aromatic carbocycles. The Morgan fingerprint density at radius 3 is 2.05 bits per heavy atom. The van der Waals surface area contributed by atoms with Crippen molar-refractivity contribution in [3.63, 3.8) is 0 Å². The minimum Gasteiger partial charge on any atom is -0.388 e. The predicted molar refractivity (Wildman–Crippen MR) is 90.6 cm³/mol. The maximum atomic E-state index is 11.0. The molecule has 0 saturated carbocycles. The van der Waals surface area contributed by atoms with Crippen molar-refractivity contribution < 1.29 is 5.11 Å². The molecule has 1 N–H and O–H groups in total. The summed E-state index contributed by atoms with van der Waals surface area (Å²) < 4.78 is 0. The Labute approximate surface area is 133 Å². The van der Waals surface area contributed by atoms with Gasteiger partial charge >= 0.3 is 0 Å². The fourth-order valence-corrected chi connectivity index (χ4v) is 4.00. The summed E-state index contributed by atoms with van der Waals surface area (Å²) in [6, 6.07) is 21.2. The first-order valence-electron chi connectivity index (χ1n) is 8.13. The molecule has 0 radical (unpaired) electrons. The number of aliphatic hydroxyl groups is 1. The van der Waals surface area contributed by atoms with Crippen molar-refractivity contribution in [3.05, 3.63) is 71.8 Å². The van der Waals surface area contributed by atoms with Crippen LogP contribution in [0.1, 0.15) is 44.4 Å². The van der Waals surface area contributed by atoms with Gasteiger partial charge in [0.15, 0.2) is 0 Å². The molecule has 0 bridgehead atoms. The molecule has 1 aliphatic rings. The van der Waals surface area contributed by atoms with Crippen LogP contribution >= 0.6 is 0 Å². The second kappa shape index (κ2) is 5.53. The summed E-state index contributed by atoms with van der Waals surface area (Å²) in [5.74, 6) is 0. The lowest BCUT2D eigenvalue weighted by atomic mass is 9.79. The molecule has 1 unspecified atom stereocenters. The van der Waals surface area contributed by atoms with Gasteiger partial charge in [-0.15, -0.1) is 0 Å². The first-order valence-corrected chi connectivity index (χ1v) is 8.13. The molecule has 1 fully saturated rings. The molecule has 1 heterocycles. The second-order valence-corrected chi connectivity index (χ2v) is 6.70. The summed E-state index contributed by atoms with van der Waals surface area (Å²) in [4.78, 5) is 2.44. The maximum absolute atomic E-state index is 11.0. The van der Waals surface area contributed by atoms with Gasteiger partial charge in [-0.3, -0.25) is 4.90 Å². The minimum atomic E-state index is -0.815. The molecule has 1 saturated heterocycles. The zero-order valence-electron chi connectivity index (χ0n) is 13.7. The molecular weight excluding hydrogens is 270 g/mol. The van der Waals surface area contributed by atoms with Gasteiger partial charge in [-0.1, -0.05) is 67.6 Å². The van der Waals surface area contributed by atoms with Crippen LogP contribution in [0.4, 0.5) is 0 Å². The first kappa shape index (κ1) is 15.3.